The highest BCUT2D eigenvalue weighted by Crippen LogP contribution is 2.34. The van der Waals surface area contributed by atoms with Crippen LogP contribution in [0.25, 0.3) is 10.9 Å². The number of fused-ring (bicyclic) bond motifs is 3. The molecule has 1 aliphatic rings. The van der Waals surface area contributed by atoms with Crippen molar-refractivity contribution in [2.24, 2.45) is 7.05 Å². The molecule has 4 aromatic rings. The third-order valence-electron chi connectivity index (χ3n) is 6.54. The first-order valence-corrected chi connectivity index (χ1v) is 11.4. The topological polar surface area (TPSA) is 62.4 Å². The molecular weight excluding hydrogens is 436 g/mol. The number of amides is 1. The summed E-state index contributed by atoms with van der Waals surface area (Å²) in [5.74, 6) is -0.332. The number of likely N-dealkylation sites (N-methyl/N-ethyl adjacent to an activating group) is 1. The van der Waals surface area contributed by atoms with E-state index in [1.54, 1.807) is 10.6 Å². The predicted octanol–water partition coefficient (Wildman–Crippen LogP) is 3.90. The highest BCUT2D eigenvalue weighted by atomic mass is 35.5. The fourth-order valence-corrected chi connectivity index (χ4v) is 5.00. The standard InChI is InChI=1S/C26H27ClN4O2/c1-29-14-12-23-21(16-29)20-15-19(27)10-11-22(20)31(23)17-26(33,18-7-4-3-5-8-18)28-25(32)24-9-6-13-30(24)2/h3-11,13,15,33H,12,14,16-17H2,1-2H3,(H,28,32). The number of hydrogen-bond donors (Lipinski definition) is 2. The maximum atomic E-state index is 13.2. The van der Waals surface area contributed by atoms with E-state index in [0.29, 0.717) is 16.3 Å². The van der Waals surface area contributed by atoms with Crippen LogP contribution in [0, 0.1) is 0 Å². The lowest BCUT2D eigenvalue weighted by Crippen LogP contribution is -2.49. The van der Waals surface area contributed by atoms with Crippen molar-refractivity contribution < 1.29 is 9.90 Å². The lowest BCUT2D eigenvalue weighted by atomic mass is 10.0. The third kappa shape index (κ3) is 3.95. The van der Waals surface area contributed by atoms with Crippen molar-refractivity contribution in [1.29, 1.82) is 0 Å². The lowest BCUT2D eigenvalue weighted by Gasteiger charge is -2.32. The van der Waals surface area contributed by atoms with Crippen molar-refractivity contribution in [3.8, 4) is 0 Å². The number of nitrogens with one attached hydrogen (secondary N) is 1. The van der Waals surface area contributed by atoms with Crippen LogP contribution in [-0.2, 0) is 32.3 Å². The normalized spacial score (nSPS) is 15.9. The third-order valence-corrected chi connectivity index (χ3v) is 6.78. The summed E-state index contributed by atoms with van der Waals surface area (Å²) in [7, 11) is 3.92. The molecule has 1 atom stereocenters. The first-order valence-electron chi connectivity index (χ1n) is 11.1. The van der Waals surface area contributed by atoms with E-state index in [0.717, 1.165) is 30.4 Å². The number of aryl methyl sites for hydroxylation is 1. The van der Waals surface area contributed by atoms with Gasteiger partial charge in [-0.25, -0.2) is 0 Å². The molecule has 0 fully saturated rings. The number of benzene rings is 2. The number of carbonyl (C=O) groups is 1. The van der Waals surface area contributed by atoms with Crippen LogP contribution in [0.4, 0.5) is 0 Å². The molecule has 0 saturated heterocycles. The minimum atomic E-state index is -1.61. The molecule has 0 bridgehead atoms. The van der Waals surface area contributed by atoms with E-state index in [2.05, 4.69) is 21.8 Å². The molecule has 1 amide bonds. The van der Waals surface area contributed by atoms with E-state index in [1.165, 1.54) is 11.3 Å². The van der Waals surface area contributed by atoms with Gasteiger partial charge in [-0.2, -0.15) is 0 Å². The second-order valence-corrected chi connectivity index (χ2v) is 9.28. The Morgan fingerprint density at radius 1 is 1.12 bits per heavy atom. The zero-order valence-electron chi connectivity index (χ0n) is 18.8. The second kappa shape index (κ2) is 8.37. The van der Waals surface area contributed by atoms with Crippen LogP contribution in [0.15, 0.2) is 66.9 Å². The van der Waals surface area contributed by atoms with Crippen molar-refractivity contribution in [3.63, 3.8) is 0 Å². The molecule has 1 unspecified atom stereocenters. The Morgan fingerprint density at radius 2 is 1.91 bits per heavy atom. The number of aromatic nitrogens is 2. The van der Waals surface area contributed by atoms with Gasteiger partial charge in [0.25, 0.3) is 5.91 Å². The van der Waals surface area contributed by atoms with Gasteiger partial charge in [-0.15, -0.1) is 0 Å². The molecule has 7 heteroatoms. The molecule has 6 nitrogen and oxygen atoms in total. The SMILES string of the molecule is CN1CCc2c(c3cc(Cl)ccc3n2CC(O)(NC(=O)c2cccn2C)c2ccccc2)C1. The van der Waals surface area contributed by atoms with Gasteiger partial charge in [-0.05, 0) is 42.9 Å². The minimum absolute atomic E-state index is 0.185. The molecule has 1 aliphatic heterocycles. The lowest BCUT2D eigenvalue weighted by molar-refractivity contribution is -0.0115. The predicted molar refractivity (Wildman–Crippen MR) is 130 cm³/mol. The average Bonchev–Trinajstić information content (AvgIpc) is 3.35. The highest BCUT2D eigenvalue weighted by Gasteiger charge is 2.35. The summed E-state index contributed by atoms with van der Waals surface area (Å²) in [6, 6.07) is 18.7. The fourth-order valence-electron chi connectivity index (χ4n) is 4.83. The molecule has 5 rings (SSSR count). The van der Waals surface area contributed by atoms with Crippen LogP contribution in [0.5, 0.6) is 0 Å². The maximum Gasteiger partial charge on any atom is 0.270 e. The summed E-state index contributed by atoms with van der Waals surface area (Å²) in [5, 5.41) is 16.7. The van der Waals surface area contributed by atoms with Crippen LogP contribution in [0.1, 0.15) is 27.3 Å². The monoisotopic (exact) mass is 462 g/mol. The molecule has 2 aromatic carbocycles. The van der Waals surface area contributed by atoms with E-state index >= 15 is 0 Å². The van der Waals surface area contributed by atoms with Crippen molar-refractivity contribution >= 4 is 28.4 Å². The van der Waals surface area contributed by atoms with Crippen LogP contribution < -0.4 is 5.32 Å². The van der Waals surface area contributed by atoms with Gasteiger partial charge in [0, 0.05) is 59.9 Å². The summed E-state index contributed by atoms with van der Waals surface area (Å²) < 4.78 is 3.89. The smallest absolute Gasteiger partial charge is 0.270 e. The Morgan fingerprint density at radius 3 is 2.64 bits per heavy atom. The molecule has 0 saturated carbocycles. The quantitative estimate of drug-likeness (QED) is 0.442. The van der Waals surface area contributed by atoms with E-state index in [1.807, 2.05) is 67.8 Å². The van der Waals surface area contributed by atoms with Gasteiger partial charge in [0.05, 0.1) is 6.54 Å². The van der Waals surface area contributed by atoms with E-state index in [4.69, 9.17) is 11.6 Å². The number of nitrogens with zero attached hydrogens (tertiary/aromatic N) is 3. The van der Waals surface area contributed by atoms with Crippen LogP contribution in [0.2, 0.25) is 5.02 Å². The Hall–Kier alpha value is -3.06. The zero-order valence-corrected chi connectivity index (χ0v) is 19.5. The average molecular weight is 463 g/mol. The second-order valence-electron chi connectivity index (χ2n) is 8.85. The molecular formula is C26H27ClN4O2. The van der Waals surface area contributed by atoms with Gasteiger partial charge >= 0.3 is 0 Å². The molecule has 0 radical (unpaired) electrons. The summed E-state index contributed by atoms with van der Waals surface area (Å²) in [6.07, 6.45) is 2.67. The molecule has 0 aliphatic carbocycles. The van der Waals surface area contributed by atoms with Crippen molar-refractivity contribution in [3.05, 3.63) is 94.4 Å². The summed E-state index contributed by atoms with van der Waals surface area (Å²) >= 11 is 6.34. The van der Waals surface area contributed by atoms with E-state index in [9.17, 15) is 9.90 Å². The Balaban J connectivity index is 1.62. The zero-order chi connectivity index (χ0) is 23.2. The molecule has 0 spiro atoms. The van der Waals surface area contributed by atoms with Crippen molar-refractivity contribution in [2.45, 2.75) is 25.2 Å². The van der Waals surface area contributed by atoms with Gasteiger partial charge in [-0.1, -0.05) is 41.9 Å². The highest BCUT2D eigenvalue weighted by molar-refractivity contribution is 6.31. The fraction of sp³-hybridized carbons (Fsp3) is 0.269. The first-order chi connectivity index (χ1) is 15.9. The van der Waals surface area contributed by atoms with Crippen LogP contribution >= 0.6 is 11.6 Å². The number of aliphatic hydroxyl groups is 1. The summed E-state index contributed by atoms with van der Waals surface area (Å²) in [5.41, 5.74) is 2.91. The maximum absolute atomic E-state index is 13.2. The summed E-state index contributed by atoms with van der Waals surface area (Å²) in [4.78, 5) is 15.4. The summed E-state index contributed by atoms with van der Waals surface area (Å²) in [6.45, 7) is 1.93. The largest absolute Gasteiger partial charge is 0.365 e. The van der Waals surface area contributed by atoms with Gasteiger partial charge < -0.3 is 24.5 Å². The minimum Gasteiger partial charge on any atom is -0.365 e. The molecule has 33 heavy (non-hydrogen) atoms. The Kier molecular flexibility index (Phi) is 5.52. The van der Waals surface area contributed by atoms with Crippen molar-refractivity contribution in [2.75, 3.05) is 13.6 Å². The van der Waals surface area contributed by atoms with Crippen LogP contribution in [0.3, 0.4) is 0 Å². The van der Waals surface area contributed by atoms with Gasteiger partial charge in [0.1, 0.15) is 5.69 Å². The Labute approximate surface area is 198 Å². The van der Waals surface area contributed by atoms with Gasteiger partial charge in [0.15, 0.2) is 5.72 Å². The van der Waals surface area contributed by atoms with E-state index < -0.39 is 5.72 Å². The van der Waals surface area contributed by atoms with Gasteiger partial charge in [0.2, 0.25) is 0 Å². The molecule has 170 valence electrons. The Bertz CT molecular complexity index is 1330. The number of carbonyl (C=O) groups excluding carboxylic acids is 1. The van der Waals surface area contributed by atoms with Gasteiger partial charge in [-0.3, -0.25) is 4.79 Å². The van der Waals surface area contributed by atoms with E-state index in [-0.39, 0.29) is 12.5 Å². The molecule has 3 heterocycles. The van der Waals surface area contributed by atoms with Crippen molar-refractivity contribution in [1.82, 2.24) is 19.4 Å². The van der Waals surface area contributed by atoms with Crippen LogP contribution in [-0.4, -0.2) is 38.6 Å². The number of rotatable bonds is 5. The molecule has 2 N–H and O–H groups in total. The number of halogens is 1. The number of hydrogen-bond acceptors (Lipinski definition) is 3. The molecule has 2 aromatic heterocycles. The first kappa shape index (κ1) is 21.8.